The molecule has 68 valence electrons. The van der Waals surface area contributed by atoms with Crippen molar-refractivity contribution < 1.29 is 4.18 Å². The van der Waals surface area contributed by atoms with Gasteiger partial charge in [0.2, 0.25) is 0 Å². The zero-order chi connectivity index (χ0) is 9.68. The molecule has 2 N–H and O–H groups in total. The molecule has 0 fully saturated rings. The molecule has 0 saturated heterocycles. The van der Waals surface area contributed by atoms with Gasteiger partial charge in [0.05, 0.1) is 0 Å². The Morgan fingerprint density at radius 3 is 2.46 bits per heavy atom. The summed E-state index contributed by atoms with van der Waals surface area (Å²) in [5.74, 6) is 0.716. The van der Waals surface area contributed by atoms with Gasteiger partial charge in [-0.15, -0.1) is 0 Å². The Labute approximate surface area is 82.4 Å². The highest BCUT2D eigenvalue weighted by Gasteiger charge is 1.98. The predicted octanol–water partition coefficient (Wildman–Crippen LogP) is 2.87. The molecular weight excluding hydrogens is 182 g/mol. The molecule has 1 aromatic rings. The molecule has 0 heterocycles. The van der Waals surface area contributed by atoms with Gasteiger partial charge in [0.25, 0.3) is 0 Å². The lowest BCUT2D eigenvalue weighted by Crippen LogP contribution is -1.88. The van der Waals surface area contributed by atoms with Crippen LogP contribution < -0.4 is 9.32 Å². The maximum atomic E-state index is 5.17. The molecular formula is C10H11NOS. The van der Waals surface area contributed by atoms with Crippen molar-refractivity contribution in [2.75, 3.05) is 0 Å². The topological polar surface area (TPSA) is 35.2 Å². The zero-order valence-electron chi connectivity index (χ0n) is 7.19. The Balaban J connectivity index is 3.05. The van der Waals surface area contributed by atoms with Gasteiger partial charge in [-0.2, -0.15) is 0 Å². The first-order valence-electron chi connectivity index (χ1n) is 3.74. The van der Waals surface area contributed by atoms with Crippen LogP contribution in [0, 0.1) is 0 Å². The van der Waals surface area contributed by atoms with Crippen molar-refractivity contribution in [3.05, 3.63) is 42.5 Å². The number of rotatable bonds is 4. The highest BCUT2D eigenvalue weighted by atomic mass is 32.2. The van der Waals surface area contributed by atoms with Crippen LogP contribution in [-0.2, 0) is 0 Å². The van der Waals surface area contributed by atoms with E-state index in [1.807, 2.05) is 18.2 Å². The van der Waals surface area contributed by atoms with E-state index >= 15 is 0 Å². The molecule has 0 aliphatic carbocycles. The maximum absolute atomic E-state index is 5.17. The fraction of sp³-hybridized carbons (Fsp3) is 0. The number of nitrogens with two attached hydrogens (primary N) is 1. The summed E-state index contributed by atoms with van der Waals surface area (Å²) in [6.07, 6.45) is 3.53. The van der Waals surface area contributed by atoms with Crippen LogP contribution in [-0.4, -0.2) is 0 Å². The first kappa shape index (κ1) is 9.89. The van der Waals surface area contributed by atoms with E-state index in [9.17, 15) is 0 Å². The molecule has 0 spiro atoms. The summed E-state index contributed by atoms with van der Waals surface area (Å²) in [5, 5.41) is 5.17. The van der Waals surface area contributed by atoms with Crippen LogP contribution in [0.2, 0.25) is 0 Å². The van der Waals surface area contributed by atoms with Gasteiger partial charge in [-0.3, -0.25) is 0 Å². The highest BCUT2D eigenvalue weighted by Crippen LogP contribution is 2.21. The predicted molar refractivity (Wildman–Crippen MR) is 59.0 cm³/mol. The molecule has 1 rings (SSSR count). The second kappa shape index (κ2) is 4.74. The number of hydrogen-bond acceptors (Lipinski definition) is 3. The third kappa shape index (κ3) is 2.37. The SMILES string of the molecule is C=Cc1ccc(OSN)cc1C=C. The molecule has 0 amide bonds. The summed E-state index contributed by atoms with van der Waals surface area (Å²) < 4.78 is 5.06. The van der Waals surface area contributed by atoms with Gasteiger partial charge in [-0.05, 0) is 23.3 Å². The fourth-order valence-corrected chi connectivity index (χ4v) is 1.24. The summed E-state index contributed by atoms with van der Waals surface area (Å²) >= 11 is 0.827. The second-order valence-electron chi connectivity index (χ2n) is 2.38. The van der Waals surface area contributed by atoms with Gasteiger partial charge in [0.1, 0.15) is 18.0 Å². The molecule has 1 aromatic carbocycles. The summed E-state index contributed by atoms with van der Waals surface area (Å²) in [7, 11) is 0. The van der Waals surface area contributed by atoms with E-state index in [2.05, 4.69) is 13.2 Å². The summed E-state index contributed by atoms with van der Waals surface area (Å²) in [5.41, 5.74) is 2.02. The zero-order valence-corrected chi connectivity index (χ0v) is 8.01. The first-order valence-corrected chi connectivity index (χ1v) is 4.54. The average molecular weight is 193 g/mol. The third-order valence-corrected chi connectivity index (χ3v) is 1.93. The number of hydrogen-bond donors (Lipinski definition) is 1. The van der Waals surface area contributed by atoms with E-state index in [0.29, 0.717) is 5.75 Å². The third-order valence-electron chi connectivity index (χ3n) is 1.64. The lowest BCUT2D eigenvalue weighted by atomic mass is 10.1. The van der Waals surface area contributed by atoms with E-state index < -0.39 is 0 Å². The van der Waals surface area contributed by atoms with E-state index in [1.165, 1.54) is 0 Å². The quantitative estimate of drug-likeness (QED) is 0.590. The second-order valence-corrected chi connectivity index (χ2v) is 2.74. The van der Waals surface area contributed by atoms with Crippen LogP contribution in [0.25, 0.3) is 12.2 Å². The summed E-state index contributed by atoms with van der Waals surface area (Å²) in [6.45, 7) is 7.40. The van der Waals surface area contributed by atoms with E-state index in [1.54, 1.807) is 12.2 Å². The Bertz CT molecular complexity index is 323. The molecule has 0 saturated carbocycles. The fourth-order valence-electron chi connectivity index (χ4n) is 1.02. The number of benzene rings is 1. The van der Waals surface area contributed by atoms with Gasteiger partial charge in [-0.1, -0.05) is 31.4 Å². The average Bonchev–Trinajstić information content (AvgIpc) is 2.18. The Morgan fingerprint density at radius 1 is 1.23 bits per heavy atom. The highest BCUT2D eigenvalue weighted by molar-refractivity contribution is 7.92. The monoisotopic (exact) mass is 193 g/mol. The van der Waals surface area contributed by atoms with E-state index in [-0.39, 0.29) is 0 Å². The molecule has 0 aromatic heterocycles. The first-order chi connectivity index (χ1) is 6.31. The van der Waals surface area contributed by atoms with Crippen molar-refractivity contribution >= 4 is 24.4 Å². The summed E-state index contributed by atoms with van der Waals surface area (Å²) in [4.78, 5) is 0. The molecule has 0 bridgehead atoms. The van der Waals surface area contributed by atoms with Gasteiger partial charge >= 0.3 is 0 Å². The van der Waals surface area contributed by atoms with Gasteiger partial charge < -0.3 is 4.18 Å². The Kier molecular flexibility index (Phi) is 3.61. The maximum Gasteiger partial charge on any atom is 0.140 e. The van der Waals surface area contributed by atoms with Crippen molar-refractivity contribution in [1.82, 2.24) is 0 Å². The van der Waals surface area contributed by atoms with Crippen molar-refractivity contribution in [1.29, 1.82) is 0 Å². The molecule has 13 heavy (non-hydrogen) atoms. The van der Waals surface area contributed by atoms with Gasteiger partial charge in [0.15, 0.2) is 0 Å². The molecule has 0 unspecified atom stereocenters. The van der Waals surface area contributed by atoms with E-state index in [0.717, 1.165) is 23.4 Å². The lowest BCUT2D eigenvalue weighted by molar-refractivity contribution is 0.647. The Hall–Kier alpha value is -1.19. The minimum absolute atomic E-state index is 0.716. The molecule has 0 aliphatic heterocycles. The van der Waals surface area contributed by atoms with Crippen molar-refractivity contribution in [3.8, 4) is 5.75 Å². The van der Waals surface area contributed by atoms with Crippen LogP contribution in [0.1, 0.15) is 11.1 Å². The normalized spacial score (nSPS) is 9.31. The van der Waals surface area contributed by atoms with Gasteiger partial charge in [-0.25, -0.2) is 5.14 Å². The van der Waals surface area contributed by atoms with E-state index in [4.69, 9.17) is 9.32 Å². The largest absolute Gasteiger partial charge is 0.410 e. The van der Waals surface area contributed by atoms with Crippen molar-refractivity contribution in [3.63, 3.8) is 0 Å². The summed E-state index contributed by atoms with van der Waals surface area (Å²) in [6, 6.07) is 5.61. The van der Waals surface area contributed by atoms with Gasteiger partial charge in [0, 0.05) is 0 Å². The minimum atomic E-state index is 0.716. The molecule has 2 nitrogen and oxygen atoms in total. The van der Waals surface area contributed by atoms with Crippen LogP contribution in [0.5, 0.6) is 5.75 Å². The van der Waals surface area contributed by atoms with Crippen LogP contribution in [0.3, 0.4) is 0 Å². The molecule has 3 heteroatoms. The molecule has 0 aliphatic rings. The van der Waals surface area contributed by atoms with Crippen molar-refractivity contribution in [2.45, 2.75) is 0 Å². The lowest BCUT2D eigenvalue weighted by Gasteiger charge is -2.04. The molecule has 0 radical (unpaired) electrons. The van der Waals surface area contributed by atoms with Crippen LogP contribution >= 0.6 is 12.2 Å². The Morgan fingerprint density at radius 2 is 1.92 bits per heavy atom. The molecule has 0 atom stereocenters. The minimum Gasteiger partial charge on any atom is -0.410 e. The standard InChI is InChI=1S/C10H11NOS/c1-3-8-5-6-10(12-13-11)7-9(8)4-2/h3-7H,1-2,11H2. The van der Waals surface area contributed by atoms with Crippen LogP contribution in [0.15, 0.2) is 31.4 Å². The van der Waals surface area contributed by atoms with Crippen LogP contribution in [0.4, 0.5) is 0 Å². The van der Waals surface area contributed by atoms with Crippen molar-refractivity contribution in [2.24, 2.45) is 5.14 Å². The smallest absolute Gasteiger partial charge is 0.140 e.